The van der Waals surface area contributed by atoms with Crippen molar-refractivity contribution in [2.24, 2.45) is 0 Å². The first-order valence-corrected chi connectivity index (χ1v) is 12.7. The summed E-state index contributed by atoms with van der Waals surface area (Å²) in [6, 6.07) is 17.3. The third-order valence-electron chi connectivity index (χ3n) is 4.74. The lowest BCUT2D eigenvalue weighted by Crippen LogP contribution is -2.16. The van der Waals surface area contributed by atoms with Crippen molar-refractivity contribution in [2.45, 2.75) is 74.3 Å². The second-order valence-corrected chi connectivity index (χ2v) is 9.76. The number of esters is 1. The monoisotopic (exact) mass is 430 g/mol. The minimum atomic E-state index is -0.191. The Morgan fingerprint density at radius 1 is 0.828 bits per heavy atom. The quantitative estimate of drug-likeness (QED) is 0.184. The minimum absolute atomic E-state index is 0.157. The number of thioether (sulfide) groups is 2. The third-order valence-corrected chi connectivity index (χ3v) is 6.93. The summed E-state index contributed by atoms with van der Waals surface area (Å²) in [7, 11) is 0. The molecule has 29 heavy (non-hydrogen) atoms. The summed E-state index contributed by atoms with van der Waals surface area (Å²) in [5.74, 6) is 1.05. The standard InChI is InChI=1S/C25H34O2S2/c1-4-6-7-8-9-10-19-28-23-15-11-21(12-16-23)22-13-17-24(18-14-22)29-20(3)25(26)27-5-2/h11-18,20H,4-10,19H2,1-3H3/t20-/m1/s1. The Bertz CT molecular complexity index is 711. The van der Waals surface area contributed by atoms with Crippen LogP contribution in [0.2, 0.25) is 0 Å². The smallest absolute Gasteiger partial charge is 0.319 e. The molecule has 0 aliphatic rings. The van der Waals surface area contributed by atoms with Gasteiger partial charge in [0.1, 0.15) is 5.25 Å². The number of hydrogen-bond acceptors (Lipinski definition) is 4. The number of hydrogen-bond donors (Lipinski definition) is 0. The highest BCUT2D eigenvalue weighted by atomic mass is 32.2. The van der Waals surface area contributed by atoms with Crippen LogP contribution >= 0.6 is 23.5 Å². The number of ether oxygens (including phenoxy) is 1. The van der Waals surface area contributed by atoms with Gasteiger partial charge in [0.05, 0.1) is 6.61 Å². The maximum atomic E-state index is 11.8. The number of unbranched alkanes of at least 4 members (excludes halogenated alkanes) is 5. The maximum Gasteiger partial charge on any atom is 0.319 e. The molecule has 0 aliphatic carbocycles. The molecule has 1 atom stereocenters. The van der Waals surface area contributed by atoms with Crippen LogP contribution in [-0.2, 0) is 9.53 Å². The van der Waals surface area contributed by atoms with Crippen molar-refractivity contribution in [3.05, 3.63) is 48.5 Å². The van der Waals surface area contributed by atoms with Gasteiger partial charge in [-0.05, 0) is 61.4 Å². The maximum absolute atomic E-state index is 11.8. The van der Waals surface area contributed by atoms with Crippen LogP contribution in [0.1, 0.15) is 59.3 Å². The van der Waals surface area contributed by atoms with Gasteiger partial charge in [0, 0.05) is 9.79 Å². The van der Waals surface area contributed by atoms with Crippen molar-refractivity contribution in [3.8, 4) is 11.1 Å². The van der Waals surface area contributed by atoms with E-state index < -0.39 is 0 Å². The second-order valence-electron chi connectivity index (χ2n) is 7.18. The van der Waals surface area contributed by atoms with Crippen LogP contribution in [0, 0.1) is 0 Å². The zero-order valence-corrected chi connectivity index (χ0v) is 19.6. The highest BCUT2D eigenvalue weighted by molar-refractivity contribution is 8.00. The molecule has 0 saturated heterocycles. The van der Waals surface area contributed by atoms with Gasteiger partial charge in [-0.1, -0.05) is 63.3 Å². The van der Waals surface area contributed by atoms with Gasteiger partial charge < -0.3 is 4.74 Å². The molecule has 0 aliphatic heterocycles. The molecule has 0 spiro atoms. The van der Waals surface area contributed by atoms with Gasteiger partial charge >= 0.3 is 5.97 Å². The van der Waals surface area contributed by atoms with Crippen LogP contribution in [0.3, 0.4) is 0 Å². The summed E-state index contributed by atoms with van der Waals surface area (Å²) in [6.45, 7) is 6.41. The summed E-state index contributed by atoms with van der Waals surface area (Å²) in [5, 5.41) is -0.191. The molecule has 0 aromatic heterocycles. The van der Waals surface area contributed by atoms with Crippen molar-refractivity contribution < 1.29 is 9.53 Å². The fourth-order valence-electron chi connectivity index (χ4n) is 3.05. The Morgan fingerprint density at radius 3 is 1.97 bits per heavy atom. The molecule has 0 amide bonds. The van der Waals surface area contributed by atoms with Gasteiger partial charge in [0.15, 0.2) is 0 Å². The first kappa shape index (κ1) is 23.9. The average molecular weight is 431 g/mol. The van der Waals surface area contributed by atoms with Crippen LogP contribution < -0.4 is 0 Å². The number of rotatable bonds is 13. The highest BCUT2D eigenvalue weighted by Crippen LogP contribution is 2.29. The summed E-state index contributed by atoms with van der Waals surface area (Å²) in [4.78, 5) is 14.2. The van der Waals surface area contributed by atoms with Crippen molar-refractivity contribution in [1.82, 2.24) is 0 Å². The highest BCUT2D eigenvalue weighted by Gasteiger charge is 2.15. The Kier molecular flexibility index (Phi) is 11.3. The molecule has 2 rings (SSSR count). The molecular weight excluding hydrogens is 396 g/mol. The molecule has 0 fully saturated rings. The molecule has 2 nitrogen and oxygen atoms in total. The van der Waals surface area contributed by atoms with Gasteiger partial charge in [0.25, 0.3) is 0 Å². The molecule has 0 unspecified atom stereocenters. The lowest BCUT2D eigenvalue weighted by atomic mass is 10.1. The Labute approximate surface area is 185 Å². The van der Waals surface area contributed by atoms with Crippen LogP contribution in [0.15, 0.2) is 58.3 Å². The Morgan fingerprint density at radius 2 is 1.38 bits per heavy atom. The summed E-state index contributed by atoms with van der Waals surface area (Å²) in [5.41, 5.74) is 2.43. The molecule has 0 heterocycles. The van der Waals surface area contributed by atoms with Gasteiger partial charge in [-0.25, -0.2) is 0 Å². The van der Waals surface area contributed by atoms with Crippen molar-refractivity contribution in [3.63, 3.8) is 0 Å². The second kappa shape index (κ2) is 13.8. The van der Waals surface area contributed by atoms with Gasteiger partial charge in [-0.3, -0.25) is 4.79 Å². The van der Waals surface area contributed by atoms with E-state index in [1.165, 1.54) is 72.1 Å². The molecule has 2 aromatic carbocycles. The third kappa shape index (κ3) is 8.88. The van der Waals surface area contributed by atoms with E-state index >= 15 is 0 Å². The number of carbonyl (C=O) groups excluding carboxylic acids is 1. The van der Waals surface area contributed by atoms with E-state index in [0.717, 1.165) is 4.90 Å². The molecule has 0 bridgehead atoms. The van der Waals surface area contributed by atoms with E-state index in [0.29, 0.717) is 6.61 Å². The molecule has 0 N–H and O–H groups in total. The summed E-state index contributed by atoms with van der Waals surface area (Å²) >= 11 is 3.49. The first-order chi connectivity index (χ1) is 14.1. The average Bonchev–Trinajstić information content (AvgIpc) is 2.74. The van der Waals surface area contributed by atoms with Crippen LogP contribution in [0.25, 0.3) is 11.1 Å². The first-order valence-electron chi connectivity index (χ1n) is 10.8. The van der Waals surface area contributed by atoms with E-state index in [-0.39, 0.29) is 11.2 Å². The molecular formula is C25H34O2S2. The summed E-state index contributed by atoms with van der Waals surface area (Å²) < 4.78 is 5.08. The fraction of sp³-hybridized carbons (Fsp3) is 0.480. The van der Waals surface area contributed by atoms with Crippen molar-refractivity contribution in [1.29, 1.82) is 0 Å². The predicted molar refractivity (Wildman–Crippen MR) is 128 cm³/mol. The van der Waals surface area contributed by atoms with E-state index in [2.05, 4.69) is 55.5 Å². The zero-order valence-electron chi connectivity index (χ0n) is 18.0. The lowest BCUT2D eigenvalue weighted by molar-refractivity contribution is -0.142. The molecule has 2 aromatic rings. The fourth-order valence-corrected chi connectivity index (χ4v) is 4.83. The van der Waals surface area contributed by atoms with Gasteiger partial charge in [-0.15, -0.1) is 23.5 Å². The van der Waals surface area contributed by atoms with Crippen LogP contribution in [-0.4, -0.2) is 23.6 Å². The van der Waals surface area contributed by atoms with Gasteiger partial charge in [-0.2, -0.15) is 0 Å². The van der Waals surface area contributed by atoms with E-state index in [1.54, 1.807) is 0 Å². The minimum Gasteiger partial charge on any atom is -0.465 e. The molecule has 0 radical (unpaired) electrons. The van der Waals surface area contributed by atoms with E-state index in [1.807, 2.05) is 25.6 Å². The molecule has 0 saturated carbocycles. The number of benzene rings is 2. The number of carbonyl (C=O) groups is 1. The largest absolute Gasteiger partial charge is 0.465 e. The predicted octanol–water partition coefficient (Wildman–Crippen LogP) is 7.85. The van der Waals surface area contributed by atoms with Crippen LogP contribution in [0.4, 0.5) is 0 Å². The molecule has 4 heteroatoms. The van der Waals surface area contributed by atoms with E-state index in [4.69, 9.17) is 4.74 Å². The van der Waals surface area contributed by atoms with E-state index in [9.17, 15) is 4.79 Å². The SMILES string of the molecule is CCCCCCCCSc1ccc(-c2ccc(S[C@H](C)C(=O)OCC)cc2)cc1. The molecule has 158 valence electrons. The zero-order chi connectivity index (χ0) is 20.9. The lowest BCUT2D eigenvalue weighted by Gasteiger charge is -2.11. The van der Waals surface area contributed by atoms with Crippen molar-refractivity contribution >= 4 is 29.5 Å². The Balaban J connectivity index is 1.79. The normalized spacial score (nSPS) is 12.0. The van der Waals surface area contributed by atoms with Crippen molar-refractivity contribution in [2.75, 3.05) is 12.4 Å². The Hall–Kier alpha value is -1.39. The summed E-state index contributed by atoms with van der Waals surface area (Å²) in [6.07, 6.45) is 8.10. The topological polar surface area (TPSA) is 26.3 Å². The van der Waals surface area contributed by atoms with Crippen LogP contribution in [0.5, 0.6) is 0 Å². The van der Waals surface area contributed by atoms with Gasteiger partial charge in [0.2, 0.25) is 0 Å².